The third-order valence-electron chi connectivity index (χ3n) is 4.59. The monoisotopic (exact) mass is 319 g/mol. The second kappa shape index (κ2) is 7.59. The number of aliphatic carboxylic acids is 1. The van der Waals surface area contributed by atoms with Crippen LogP contribution in [0.2, 0.25) is 0 Å². The number of rotatable bonds is 6. The van der Waals surface area contributed by atoms with E-state index in [0.717, 1.165) is 18.4 Å². The first-order valence-corrected chi connectivity index (χ1v) is 8.19. The molecule has 1 fully saturated rings. The van der Waals surface area contributed by atoms with E-state index in [1.165, 1.54) is 0 Å². The Bertz CT molecular complexity index is 545. The van der Waals surface area contributed by atoms with Crippen molar-refractivity contribution in [1.29, 1.82) is 0 Å². The third-order valence-corrected chi connectivity index (χ3v) is 4.59. The second-order valence-electron chi connectivity index (χ2n) is 6.29. The van der Waals surface area contributed by atoms with Crippen molar-refractivity contribution in [2.45, 2.75) is 51.2 Å². The third kappa shape index (κ3) is 4.10. The van der Waals surface area contributed by atoms with Crippen molar-refractivity contribution < 1.29 is 19.4 Å². The molecule has 1 aliphatic carbocycles. The summed E-state index contributed by atoms with van der Waals surface area (Å²) in [6.07, 6.45) is 2.36. The predicted octanol–water partition coefficient (Wildman–Crippen LogP) is 2.91. The highest BCUT2D eigenvalue weighted by Gasteiger charge is 2.43. The Morgan fingerprint density at radius 2 is 2.04 bits per heavy atom. The molecule has 5 heteroatoms. The molecule has 0 aromatic heterocycles. The van der Waals surface area contributed by atoms with Crippen LogP contribution >= 0.6 is 0 Å². The van der Waals surface area contributed by atoms with E-state index in [2.05, 4.69) is 5.32 Å². The number of carboxylic acid groups (broad SMARTS) is 1. The van der Waals surface area contributed by atoms with E-state index >= 15 is 0 Å². The van der Waals surface area contributed by atoms with Crippen LogP contribution in [0, 0.1) is 5.92 Å². The lowest BCUT2D eigenvalue weighted by Gasteiger charge is -2.40. The molecule has 0 radical (unpaired) electrons. The number of carbonyl (C=O) groups is 2. The van der Waals surface area contributed by atoms with Gasteiger partial charge in [0.05, 0.1) is 11.5 Å². The summed E-state index contributed by atoms with van der Waals surface area (Å²) in [5.41, 5.74) is 0.0452. The molecule has 1 aliphatic rings. The van der Waals surface area contributed by atoms with Crippen LogP contribution in [-0.4, -0.2) is 29.1 Å². The van der Waals surface area contributed by atoms with Gasteiger partial charge in [0.1, 0.15) is 0 Å². The van der Waals surface area contributed by atoms with Crippen molar-refractivity contribution >= 4 is 11.9 Å². The Kier molecular flexibility index (Phi) is 5.77. The predicted molar refractivity (Wildman–Crippen MR) is 87.0 cm³/mol. The summed E-state index contributed by atoms with van der Waals surface area (Å²) < 4.78 is 5.61. The Balaban J connectivity index is 2.18. The molecule has 0 saturated heterocycles. The zero-order valence-electron chi connectivity index (χ0n) is 13.7. The lowest BCUT2D eigenvalue weighted by molar-refractivity contribution is -0.148. The van der Waals surface area contributed by atoms with Crippen LogP contribution in [0.1, 0.15) is 51.2 Å². The molecule has 1 saturated carbocycles. The van der Waals surface area contributed by atoms with Crippen molar-refractivity contribution in [2.75, 3.05) is 6.61 Å². The minimum atomic E-state index is -0.847. The quantitative estimate of drug-likeness (QED) is 0.845. The molecule has 1 aromatic rings. The van der Waals surface area contributed by atoms with Gasteiger partial charge in [-0.2, -0.15) is 0 Å². The molecular weight excluding hydrogens is 294 g/mol. The minimum Gasteiger partial charge on any atom is -0.481 e. The van der Waals surface area contributed by atoms with E-state index in [9.17, 15) is 14.7 Å². The summed E-state index contributed by atoms with van der Waals surface area (Å²) in [7, 11) is 0. The van der Waals surface area contributed by atoms with E-state index < -0.39 is 23.5 Å². The van der Waals surface area contributed by atoms with E-state index in [1.807, 2.05) is 44.2 Å². The highest BCUT2D eigenvalue weighted by Crippen LogP contribution is 2.34. The maximum atomic E-state index is 12.7. The highest BCUT2D eigenvalue weighted by molar-refractivity contribution is 5.84. The summed E-state index contributed by atoms with van der Waals surface area (Å²) in [6.45, 7) is 4.08. The first-order chi connectivity index (χ1) is 11.0. The van der Waals surface area contributed by atoms with Crippen molar-refractivity contribution in [3.63, 3.8) is 0 Å². The number of nitrogens with one attached hydrogen (secondary N) is 1. The molecule has 1 amide bonds. The molecule has 2 rings (SSSR count). The van der Waals surface area contributed by atoms with Crippen LogP contribution in [-0.2, 0) is 14.3 Å². The normalized spacial score (nSPS) is 25.6. The van der Waals surface area contributed by atoms with Crippen LogP contribution in [0.15, 0.2) is 30.3 Å². The van der Waals surface area contributed by atoms with Crippen LogP contribution < -0.4 is 5.32 Å². The molecule has 0 aliphatic heterocycles. The Morgan fingerprint density at radius 1 is 1.35 bits per heavy atom. The van der Waals surface area contributed by atoms with Gasteiger partial charge in [0, 0.05) is 6.61 Å². The van der Waals surface area contributed by atoms with Gasteiger partial charge in [-0.3, -0.25) is 9.59 Å². The van der Waals surface area contributed by atoms with Crippen LogP contribution in [0.5, 0.6) is 0 Å². The van der Waals surface area contributed by atoms with E-state index in [0.29, 0.717) is 19.4 Å². The topological polar surface area (TPSA) is 75.6 Å². The molecule has 1 aromatic carbocycles. The molecule has 126 valence electrons. The molecule has 3 unspecified atom stereocenters. The van der Waals surface area contributed by atoms with Crippen LogP contribution in [0.4, 0.5) is 0 Å². The number of carbonyl (C=O) groups excluding carboxylic acids is 1. The molecular formula is C18H25NO4. The Hall–Kier alpha value is -1.88. The summed E-state index contributed by atoms with van der Waals surface area (Å²) in [4.78, 5) is 24.3. The largest absolute Gasteiger partial charge is 0.481 e. The van der Waals surface area contributed by atoms with Gasteiger partial charge in [0.25, 0.3) is 5.91 Å². The molecule has 0 spiro atoms. The lowest BCUT2D eigenvalue weighted by Crippen LogP contribution is -2.56. The molecule has 0 heterocycles. The number of benzene rings is 1. The maximum Gasteiger partial charge on any atom is 0.308 e. The number of hydrogen-bond donors (Lipinski definition) is 2. The molecule has 23 heavy (non-hydrogen) atoms. The van der Waals surface area contributed by atoms with Crippen molar-refractivity contribution in [3.05, 3.63) is 35.9 Å². The zero-order valence-corrected chi connectivity index (χ0v) is 13.7. The first kappa shape index (κ1) is 17.5. The van der Waals surface area contributed by atoms with Gasteiger partial charge in [0.2, 0.25) is 0 Å². The van der Waals surface area contributed by atoms with Gasteiger partial charge in [-0.05, 0) is 32.3 Å². The fourth-order valence-corrected chi connectivity index (χ4v) is 3.34. The zero-order chi connectivity index (χ0) is 16.9. The van der Waals surface area contributed by atoms with E-state index in [1.54, 1.807) is 0 Å². The van der Waals surface area contributed by atoms with E-state index in [4.69, 9.17) is 4.74 Å². The lowest BCUT2D eigenvalue weighted by atomic mass is 9.73. The van der Waals surface area contributed by atoms with Gasteiger partial charge in [-0.25, -0.2) is 0 Å². The van der Waals surface area contributed by atoms with Crippen molar-refractivity contribution in [3.8, 4) is 0 Å². The maximum absolute atomic E-state index is 12.7. The standard InChI is InChI=1S/C18H25NO4/c1-3-23-15(13-9-5-4-6-10-13)16(20)19-18(2)12-8-7-11-14(18)17(21)22/h4-6,9-10,14-15H,3,7-8,11-12H2,1-2H3,(H,19,20)(H,21,22). The van der Waals surface area contributed by atoms with Crippen LogP contribution in [0.3, 0.4) is 0 Å². The first-order valence-electron chi connectivity index (χ1n) is 8.19. The fraction of sp³-hybridized carbons (Fsp3) is 0.556. The van der Waals surface area contributed by atoms with Crippen molar-refractivity contribution in [2.24, 2.45) is 5.92 Å². The fourth-order valence-electron chi connectivity index (χ4n) is 3.34. The van der Waals surface area contributed by atoms with Crippen LogP contribution in [0.25, 0.3) is 0 Å². The highest BCUT2D eigenvalue weighted by atomic mass is 16.5. The number of hydrogen-bond acceptors (Lipinski definition) is 3. The smallest absolute Gasteiger partial charge is 0.308 e. The number of carboxylic acids is 1. The Labute approximate surface area is 137 Å². The van der Waals surface area contributed by atoms with Gasteiger partial charge >= 0.3 is 5.97 Å². The van der Waals surface area contributed by atoms with Gasteiger partial charge < -0.3 is 15.2 Å². The summed E-state index contributed by atoms with van der Waals surface area (Å²) in [6, 6.07) is 9.29. The summed E-state index contributed by atoms with van der Waals surface area (Å²) >= 11 is 0. The molecule has 2 N–H and O–H groups in total. The SMILES string of the molecule is CCOC(C(=O)NC1(C)CCCCC1C(=O)O)c1ccccc1. The van der Waals surface area contributed by atoms with Gasteiger partial charge in [-0.15, -0.1) is 0 Å². The number of ether oxygens (including phenoxy) is 1. The molecule has 3 atom stereocenters. The average Bonchev–Trinajstić information content (AvgIpc) is 2.53. The average molecular weight is 319 g/mol. The number of amides is 1. The van der Waals surface area contributed by atoms with Gasteiger partial charge in [-0.1, -0.05) is 43.2 Å². The molecule has 0 bridgehead atoms. The minimum absolute atomic E-state index is 0.270. The summed E-state index contributed by atoms with van der Waals surface area (Å²) in [5.74, 6) is -1.67. The van der Waals surface area contributed by atoms with Crippen molar-refractivity contribution in [1.82, 2.24) is 5.32 Å². The summed E-state index contributed by atoms with van der Waals surface area (Å²) in [5, 5.41) is 12.4. The van der Waals surface area contributed by atoms with Gasteiger partial charge in [0.15, 0.2) is 6.10 Å². The second-order valence-corrected chi connectivity index (χ2v) is 6.29. The molecule has 5 nitrogen and oxygen atoms in total. The van der Waals surface area contributed by atoms with E-state index in [-0.39, 0.29) is 5.91 Å². The Morgan fingerprint density at radius 3 is 2.65 bits per heavy atom.